The summed E-state index contributed by atoms with van der Waals surface area (Å²) in [7, 11) is -3.01. The zero-order chi connectivity index (χ0) is 8.91. The maximum Gasteiger partial charge on any atom is 0.346 e. The van der Waals surface area contributed by atoms with Gasteiger partial charge in [-0.25, -0.2) is 0 Å². The Morgan fingerprint density at radius 3 is 1.83 bits per heavy atom. The normalized spacial score (nSPS) is 13.7. The molecule has 0 saturated heterocycles. The minimum Gasteiger partial charge on any atom is -0.318 e. The molecule has 76 valence electrons. The first kappa shape index (κ1) is 14.9. The summed E-state index contributed by atoms with van der Waals surface area (Å²) in [6.07, 6.45) is 0. The van der Waals surface area contributed by atoms with Gasteiger partial charge in [0.1, 0.15) is 5.78 Å². The number of nitrogens with two attached hydrogens (primary N) is 1. The maximum absolute atomic E-state index is 11.5. The van der Waals surface area contributed by atoms with Gasteiger partial charge in [0.05, 0.1) is 13.2 Å². The van der Waals surface area contributed by atoms with Crippen molar-refractivity contribution in [3.8, 4) is 0 Å². The lowest BCUT2D eigenvalue weighted by Crippen LogP contribution is -2.18. The second-order valence-corrected chi connectivity index (χ2v) is 4.53. The molecule has 0 saturated carbocycles. The fourth-order valence-electron chi connectivity index (χ4n) is 0.632. The molecule has 0 aromatic carbocycles. The summed E-state index contributed by atoms with van der Waals surface area (Å²) < 4.78 is 21.4. The minimum absolute atomic E-state index is 0. The van der Waals surface area contributed by atoms with Crippen LogP contribution in [0.15, 0.2) is 0 Å². The van der Waals surface area contributed by atoms with Crippen LogP contribution in [-0.2, 0) is 13.6 Å². The molecule has 0 unspecified atom stereocenters. The Hall–Kier alpha value is 0.400. The van der Waals surface area contributed by atoms with Gasteiger partial charge in [-0.15, -0.1) is 12.4 Å². The fraction of sp³-hybridized carbons (Fsp3) is 1.00. The predicted octanol–water partition coefficient (Wildman–Crippen LogP) is 1.98. The number of hydrogen-bond donors (Lipinski definition) is 1. The van der Waals surface area contributed by atoms with E-state index in [9.17, 15) is 4.57 Å². The number of halogens is 1. The van der Waals surface area contributed by atoms with Crippen LogP contribution in [0.3, 0.4) is 0 Å². The lowest BCUT2D eigenvalue weighted by Gasteiger charge is -2.19. The molecule has 0 aromatic heterocycles. The van der Waals surface area contributed by atoms with Crippen molar-refractivity contribution in [3.05, 3.63) is 0 Å². The summed E-state index contributed by atoms with van der Waals surface area (Å²) in [5, 5.41) is 0. The zero-order valence-corrected chi connectivity index (χ0v) is 9.36. The van der Waals surface area contributed by atoms with Crippen molar-refractivity contribution < 1.29 is 13.6 Å². The third-order valence-electron chi connectivity index (χ3n) is 1.12. The summed E-state index contributed by atoms with van der Waals surface area (Å²) >= 11 is 0. The van der Waals surface area contributed by atoms with Crippen LogP contribution in [-0.4, -0.2) is 19.0 Å². The number of rotatable bonds is 5. The summed E-state index contributed by atoms with van der Waals surface area (Å²) in [5.74, 6) is -0.553. The van der Waals surface area contributed by atoms with E-state index in [-0.39, 0.29) is 12.4 Å². The van der Waals surface area contributed by atoms with Crippen molar-refractivity contribution in [2.45, 2.75) is 26.6 Å². The lowest BCUT2D eigenvalue weighted by molar-refractivity contribution is 0.213. The van der Waals surface area contributed by atoms with E-state index in [1.54, 1.807) is 20.8 Å². The highest BCUT2D eigenvalue weighted by atomic mass is 35.5. The van der Waals surface area contributed by atoms with Crippen LogP contribution in [0.25, 0.3) is 0 Å². The molecule has 4 nitrogen and oxygen atoms in total. The van der Waals surface area contributed by atoms with E-state index in [1.165, 1.54) is 0 Å². The van der Waals surface area contributed by atoms with Gasteiger partial charge >= 0.3 is 7.60 Å². The van der Waals surface area contributed by atoms with Crippen molar-refractivity contribution in [3.63, 3.8) is 0 Å². The average molecular weight is 218 g/mol. The van der Waals surface area contributed by atoms with E-state index < -0.39 is 13.4 Å². The Labute approximate surface area is 79.7 Å². The van der Waals surface area contributed by atoms with Gasteiger partial charge in [-0.05, 0) is 20.8 Å². The standard InChI is InChI=1S/C6H16NO3P.ClH/c1-4-9-11(8,6(3)7)10-5-2;/h6H,4-5,7H2,1-3H3;1H/t6-;/m1./s1. The quantitative estimate of drug-likeness (QED) is 0.716. The van der Waals surface area contributed by atoms with Crippen molar-refractivity contribution in [1.82, 2.24) is 0 Å². The Morgan fingerprint density at radius 2 is 1.67 bits per heavy atom. The van der Waals surface area contributed by atoms with Gasteiger partial charge in [0, 0.05) is 0 Å². The Balaban J connectivity index is 0. The molecule has 0 radical (unpaired) electrons. The van der Waals surface area contributed by atoms with Gasteiger partial charge in [-0.3, -0.25) is 4.57 Å². The molecule has 6 heteroatoms. The molecule has 0 spiro atoms. The topological polar surface area (TPSA) is 61.5 Å². The third-order valence-corrected chi connectivity index (χ3v) is 3.35. The largest absolute Gasteiger partial charge is 0.346 e. The van der Waals surface area contributed by atoms with Crippen molar-refractivity contribution >= 4 is 20.0 Å². The van der Waals surface area contributed by atoms with Gasteiger partial charge in [0.15, 0.2) is 0 Å². The zero-order valence-electron chi connectivity index (χ0n) is 7.65. The van der Waals surface area contributed by atoms with Gasteiger partial charge in [0.2, 0.25) is 0 Å². The first-order valence-electron chi connectivity index (χ1n) is 3.71. The molecule has 0 aromatic rings. The highest BCUT2D eigenvalue weighted by molar-refractivity contribution is 7.54. The van der Waals surface area contributed by atoms with E-state index in [0.717, 1.165) is 0 Å². The van der Waals surface area contributed by atoms with E-state index >= 15 is 0 Å². The molecule has 0 amide bonds. The molecule has 0 aliphatic rings. The maximum atomic E-state index is 11.5. The van der Waals surface area contributed by atoms with Gasteiger partial charge in [0.25, 0.3) is 0 Å². The summed E-state index contributed by atoms with van der Waals surface area (Å²) in [4.78, 5) is 0. The van der Waals surface area contributed by atoms with Crippen LogP contribution in [0.4, 0.5) is 0 Å². The molecule has 0 fully saturated rings. The minimum atomic E-state index is -3.01. The molecular weight excluding hydrogens is 200 g/mol. The molecule has 1 atom stereocenters. The van der Waals surface area contributed by atoms with Crippen LogP contribution in [0.5, 0.6) is 0 Å². The molecule has 0 bridgehead atoms. The van der Waals surface area contributed by atoms with E-state index in [0.29, 0.717) is 13.2 Å². The predicted molar refractivity (Wildman–Crippen MR) is 51.8 cm³/mol. The van der Waals surface area contributed by atoms with Crippen LogP contribution in [0, 0.1) is 0 Å². The summed E-state index contributed by atoms with van der Waals surface area (Å²) in [6, 6.07) is 0. The molecule has 2 N–H and O–H groups in total. The number of hydrogen-bond acceptors (Lipinski definition) is 4. The second-order valence-electron chi connectivity index (χ2n) is 2.12. The average Bonchev–Trinajstić information content (AvgIpc) is 1.88. The van der Waals surface area contributed by atoms with Gasteiger partial charge in [-0.1, -0.05) is 0 Å². The van der Waals surface area contributed by atoms with Gasteiger partial charge in [-0.2, -0.15) is 0 Å². The molecule has 0 aliphatic carbocycles. The molecule has 12 heavy (non-hydrogen) atoms. The van der Waals surface area contributed by atoms with Crippen molar-refractivity contribution in [2.75, 3.05) is 13.2 Å². The van der Waals surface area contributed by atoms with Crippen LogP contribution in [0.2, 0.25) is 0 Å². The monoisotopic (exact) mass is 217 g/mol. The molecule has 0 heterocycles. The van der Waals surface area contributed by atoms with Crippen LogP contribution in [0.1, 0.15) is 20.8 Å². The molecule has 0 rings (SSSR count). The third kappa shape index (κ3) is 4.43. The SMILES string of the molecule is CCOP(=O)(OCC)[C@H](C)N.Cl. The summed E-state index contributed by atoms with van der Waals surface area (Å²) in [5.41, 5.74) is 5.43. The first-order valence-corrected chi connectivity index (χ1v) is 5.32. The van der Waals surface area contributed by atoms with Crippen molar-refractivity contribution in [2.24, 2.45) is 5.73 Å². The molecule has 0 aliphatic heterocycles. The van der Waals surface area contributed by atoms with Crippen molar-refractivity contribution in [1.29, 1.82) is 0 Å². The van der Waals surface area contributed by atoms with Gasteiger partial charge < -0.3 is 14.8 Å². The lowest BCUT2D eigenvalue weighted by atomic mass is 10.8. The Morgan fingerprint density at radius 1 is 1.33 bits per heavy atom. The highest BCUT2D eigenvalue weighted by Crippen LogP contribution is 2.50. The smallest absolute Gasteiger partial charge is 0.318 e. The second kappa shape index (κ2) is 6.87. The van der Waals surface area contributed by atoms with E-state index in [4.69, 9.17) is 14.8 Å². The van der Waals surface area contributed by atoms with Crippen LogP contribution >= 0.6 is 20.0 Å². The highest BCUT2D eigenvalue weighted by Gasteiger charge is 2.28. The molecular formula is C6H17ClNO3P. The first-order chi connectivity index (χ1) is 5.06. The van der Waals surface area contributed by atoms with Crippen LogP contribution < -0.4 is 5.73 Å². The van der Waals surface area contributed by atoms with E-state index in [1.807, 2.05) is 0 Å². The summed E-state index contributed by atoms with van der Waals surface area (Å²) in [6.45, 7) is 5.85. The Kier molecular flexibility index (Phi) is 8.53. The fourth-order valence-corrected chi connectivity index (χ4v) is 1.90. The Bertz CT molecular complexity index is 144. The van der Waals surface area contributed by atoms with E-state index in [2.05, 4.69) is 0 Å².